The Morgan fingerprint density at radius 2 is 1.83 bits per heavy atom. The Bertz CT molecular complexity index is 608. The lowest BCUT2D eigenvalue weighted by Crippen LogP contribution is -2.41. The maximum atomic E-state index is 12.8. The predicted molar refractivity (Wildman–Crippen MR) is 88.7 cm³/mol. The van der Waals surface area contributed by atoms with E-state index in [0.717, 1.165) is 31.4 Å². The van der Waals surface area contributed by atoms with Gasteiger partial charge in [0.15, 0.2) is 0 Å². The van der Waals surface area contributed by atoms with Gasteiger partial charge in [0.2, 0.25) is 5.91 Å². The molecule has 1 aromatic rings. The minimum Gasteiger partial charge on any atom is -0.481 e. The molecule has 1 N–H and O–H groups in total. The largest absolute Gasteiger partial charge is 0.481 e. The molecule has 0 bridgehead atoms. The normalized spacial score (nSPS) is 24.9. The first kappa shape index (κ1) is 15.8. The van der Waals surface area contributed by atoms with Gasteiger partial charge in [-0.15, -0.1) is 0 Å². The van der Waals surface area contributed by atoms with E-state index in [4.69, 9.17) is 0 Å². The SMILES string of the molecule is O=C(O)[C@@H]1CCC[C@H](C(=O)N2CCC=C(c3ccccc3)C2)C1. The molecule has 1 aliphatic heterocycles. The van der Waals surface area contributed by atoms with Gasteiger partial charge in [-0.2, -0.15) is 0 Å². The summed E-state index contributed by atoms with van der Waals surface area (Å²) in [7, 11) is 0. The van der Waals surface area contributed by atoms with Crippen molar-refractivity contribution in [2.75, 3.05) is 13.1 Å². The number of carbonyl (C=O) groups excluding carboxylic acids is 1. The van der Waals surface area contributed by atoms with Crippen LogP contribution in [0.4, 0.5) is 0 Å². The summed E-state index contributed by atoms with van der Waals surface area (Å²) in [6.07, 6.45) is 5.93. The van der Waals surface area contributed by atoms with E-state index in [0.29, 0.717) is 19.4 Å². The quantitative estimate of drug-likeness (QED) is 0.932. The van der Waals surface area contributed by atoms with Crippen LogP contribution in [0.15, 0.2) is 36.4 Å². The molecule has 0 saturated heterocycles. The molecule has 1 aliphatic carbocycles. The summed E-state index contributed by atoms with van der Waals surface area (Å²) in [5, 5.41) is 9.20. The van der Waals surface area contributed by atoms with Crippen LogP contribution in [0.1, 0.15) is 37.7 Å². The standard InChI is InChI=1S/C19H23NO3/c21-18(15-8-4-9-16(12-15)19(22)23)20-11-5-10-17(13-20)14-6-2-1-3-7-14/h1-3,6-7,10,15-16H,4-5,8-9,11-13H2,(H,22,23)/t15-,16+/m0/s1. The van der Waals surface area contributed by atoms with E-state index in [1.807, 2.05) is 23.1 Å². The fourth-order valence-corrected chi connectivity index (χ4v) is 3.69. The molecule has 23 heavy (non-hydrogen) atoms. The van der Waals surface area contributed by atoms with Crippen molar-refractivity contribution < 1.29 is 14.7 Å². The Balaban J connectivity index is 1.66. The summed E-state index contributed by atoms with van der Waals surface area (Å²) in [5.41, 5.74) is 2.35. The number of hydrogen-bond acceptors (Lipinski definition) is 2. The Morgan fingerprint density at radius 1 is 1.09 bits per heavy atom. The third kappa shape index (κ3) is 3.63. The van der Waals surface area contributed by atoms with E-state index in [-0.39, 0.29) is 17.7 Å². The van der Waals surface area contributed by atoms with Gasteiger partial charge in [-0.05, 0) is 36.8 Å². The molecule has 1 amide bonds. The number of nitrogens with zero attached hydrogens (tertiary/aromatic N) is 1. The molecule has 1 aromatic carbocycles. The van der Waals surface area contributed by atoms with Gasteiger partial charge in [0, 0.05) is 19.0 Å². The first-order valence-corrected chi connectivity index (χ1v) is 8.41. The molecule has 3 rings (SSSR count). The number of benzene rings is 1. The van der Waals surface area contributed by atoms with Gasteiger partial charge >= 0.3 is 5.97 Å². The number of carboxylic acid groups (broad SMARTS) is 1. The molecule has 0 radical (unpaired) electrons. The summed E-state index contributed by atoms with van der Waals surface area (Å²) in [4.78, 5) is 25.9. The van der Waals surface area contributed by atoms with Gasteiger partial charge in [0.1, 0.15) is 0 Å². The molecule has 4 heteroatoms. The lowest BCUT2D eigenvalue weighted by molar-refractivity contribution is -0.145. The van der Waals surface area contributed by atoms with E-state index in [1.54, 1.807) is 0 Å². The Labute approximate surface area is 136 Å². The van der Waals surface area contributed by atoms with E-state index in [9.17, 15) is 14.7 Å². The van der Waals surface area contributed by atoms with E-state index in [1.165, 1.54) is 5.57 Å². The van der Waals surface area contributed by atoms with Gasteiger partial charge in [-0.1, -0.05) is 42.8 Å². The summed E-state index contributed by atoms with van der Waals surface area (Å²) in [5.74, 6) is -1.10. The van der Waals surface area contributed by atoms with E-state index >= 15 is 0 Å². The summed E-state index contributed by atoms with van der Waals surface area (Å²) < 4.78 is 0. The van der Waals surface area contributed by atoms with Crippen LogP contribution in [0.5, 0.6) is 0 Å². The van der Waals surface area contributed by atoms with Crippen LogP contribution >= 0.6 is 0 Å². The number of carbonyl (C=O) groups is 2. The van der Waals surface area contributed by atoms with Crippen molar-refractivity contribution in [1.29, 1.82) is 0 Å². The monoisotopic (exact) mass is 313 g/mol. The number of hydrogen-bond donors (Lipinski definition) is 1. The smallest absolute Gasteiger partial charge is 0.306 e. The second kappa shape index (κ2) is 6.99. The molecule has 122 valence electrons. The second-order valence-electron chi connectivity index (χ2n) is 6.54. The number of rotatable bonds is 3. The first-order chi connectivity index (χ1) is 11.1. The van der Waals surface area contributed by atoms with Gasteiger partial charge < -0.3 is 10.0 Å². The molecular weight excluding hydrogens is 290 g/mol. The van der Waals surface area contributed by atoms with Gasteiger partial charge in [0.05, 0.1) is 5.92 Å². The highest BCUT2D eigenvalue weighted by molar-refractivity contribution is 5.83. The van der Waals surface area contributed by atoms with Crippen molar-refractivity contribution in [3.8, 4) is 0 Å². The lowest BCUT2D eigenvalue weighted by atomic mass is 9.80. The summed E-state index contributed by atoms with van der Waals surface area (Å²) in [6.45, 7) is 1.38. The van der Waals surface area contributed by atoms with Crippen LogP contribution in [0.2, 0.25) is 0 Å². The minimum absolute atomic E-state index is 0.125. The fourth-order valence-electron chi connectivity index (χ4n) is 3.69. The van der Waals surface area contributed by atoms with Gasteiger partial charge in [-0.25, -0.2) is 0 Å². The number of aliphatic carboxylic acids is 1. The zero-order chi connectivity index (χ0) is 16.2. The first-order valence-electron chi connectivity index (χ1n) is 8.41. The third-order valence-electron chi connectivity index (χ3n) is 4.98. The zero-order valence-electron chi connectivity index (χ0n) is 13.3. The second-order valence-corrected chi connectivity index (χ2v) is 6.54. The topological polar surface area (TPSA) is 57.6 Å². The summed E-state index contributed by atoms with van der Waals surface area (Å²) >= 11 is 0. The van der Waals surface area contributed by atoms with Gasteiger partial charge in [0.25, 0.3) is 0 Å². The minimum atomic E-state index is -0.758. The van der Waals surface area contributed by atoms with Crippen molar-refractivity contribution in [3.63, 3.8) is 0 Å². The average Bonchev–Trinajstić information content (AvgIpc) is 2.62. The predicted octanol–water partition coefficient (Wildman–Crippen LogP) is 3.19. The molecule has 1 saturated carbocycles. The Hall–Kier alpha value is -2.10. The maximum Gasteiger partial charge on any atom is 0.306 e. The van der Waals surface area contributed by atoms with Crippen molar-refractivity contribution >= 4 is 17.4 Å². The number of carboxylic acids is 1. The third-order valence-corrected chi connectivity index (χ3v) is 4.98. The summed E-state index contributed by atoms with van der Waals surface area (Å²) in [6, 6.07) is 10.1. The molecule has 2 atom stereocenters. The van der Waals surface area contributed by atoms with Crippen LogP contribution < -0.4 is 0 Å². The maximum absolute atomic E-state index is 12.8. The van der Waals surface area contributed by atoms with Crippen molar-refractivity contribution in [2.24, 2.45) is 11.8 Å². The van der Waals surface area contributed by atoms with E-state index < -0.39 is 5.97 Å². The molecule has 0 unspecified atom stereocenters. The average molecular weight is 313 g/mol. The van der Waals surface area contributed by atoms with Crippen molar-refractivity contribution in [2.45, 2.75) is 32.1 Å². The molecular formula is C19H23NO3. The highest BCUT2D eigenvalue weighted by Gasteiger charge is 2.33. The molecule has 0 aromatic heterocycles. The number of amides is 1. The molecule has 0 spiro atoms. The van der Waals surface area contributed by atoms with Crippen LogP contribution in [-0.2, 0) is 9.59 Å². The van der Waals surface area contributed by atoms with E-state index in [2.05, 4.69) is 18.2 Å². The van der Waals surface area contributed by atoms with Crippen LogP contribution in [-0.4, -0.2) is 35.0 Å². The van der Waals surface area contributed by atoms with Crippen molar-refractivity contribution in [3.05, 3.63) is 42.0 Å². The molecule has 4 nitrogen and oxygen atoms in total. The van der Waals surface area contributed by atoms with Crippen LogP contribution in [0.25, 0.3) is 5.57 Å². The molecule has 2 aliphatic rings. The Kier molecular flexibility index (Phi) is 4.79. The van der Waals surface area contributed by atoms with Crippen LogP contribution in [0, 0.1) is 11.8 Å². The van der Waals surface area contributed by atoms with Crippen molar-refractivity contribution in [1.82, 2.24) is 4.90 Å². The zero-order valence-corrected chi connectivity index (χ0v) is 13.3. The van der Waals surface area contributed by atoms with Crippen LogP contribution in [0.3, 0.4) is 0 Å². The Morgan fingerprint density at radius 3 is 2.57 bits per heavy atom. The molecule has 1 fully saturated rings. The fraction of sp³-hybridized carbons (Fsp3) is 0.474. The van der Waals surface area contributed by atoms with Gasteiger partial charge in [-0.3, -0.25) is 9.59 Å². The lowest BCUT2D eigenvalue weighted by Gasteiger charge is -2.33. The highest BCUT2D eigenvalue weighted by Crippen LogP contribution is 2.32. The highest BCUT2D eigenvalue weighted by atomic mass is 16.4. The molecule has 1 heterocycles.